The van der Waals surface area contributed by atoms with Crippen molar-refractivity contribution in [3.63, 3.8) is 0 Å². The number of hydrogen-bond acceptors (Lipinski definition) is 31. The summed E-state index contributed by atoms with van der Waals surface area (Å²) in [6.07, 6.45) is -27.7. The molecule has 0 radical (unpaired) electrons. The number of halogens is 3. The highest BCUT2D eigenvalue weighted by atomic mass is 35.5. The Morgan fingerprint density at radius 2 is 1.32 bits per heavy atom. The minimum atomic E-state index is -2.42. The highest BCUT2D eigenvalue weighted by Gasteiger charge is 2.55. The lowest BCUT2D eigenvalue weighted by atomic mass is 9.84. The van der Waals surface area contributed by atoms with Crippen LogP contribution in [0.4, 0.5) is 4.79 Å². The van der Waals surface area contributed by atoms with Crippen molar-refractivity contribution in [2.45, 2.75) is 214 Å². The van der Waals surface area contributed by atoms with Gasteiger partial charge in [-0.1, -0.05) is 109 Å². The fraction of sp³-hybridized carbons (Fsp3) is 0.429. The van der Waals surface area contributed by atoms with E-state index < -0.39 is 286 Å². The van der Waals surface area contributed by atoms with Crippen LogP contribution in [0.3, 0.4) is 0 Å². The van der Waals surface area contributed by atoms with Gasteiger partial charge in [0.25, 0.3) is 0 Å². The van der Waals surface area contributed by atoms with E-state index >= 15 is 28.8 Å². The van der Waals surface area contributed by atoms with Gasteiger partial charge in [-0.25, -0.2) is 9.59 Å². The molecule has 3 fully saturated rings. The number of nitrogens with zero attached hydrogens (tertiary/aromatic N) is 1. The second-order valence-corrected chi connectivity index (χ2v) is 36.7. The van der Waals surface area contributed by atoms with Gasteiger partial charge in [-0.2, -0.15) is 0 Å². The molecule has 0 saturated carbocycles. The lowest BCUT2D eigenvalue weighted by molar-refractivity contribution is -0.351. The molecule has 16 bridgehead atoms. The first kappa shape index (κ1) is 99.5. The Balaban J connectivity index is 0.966. The Bertz CT molecular complexity index is 5710. The molecule has 22 atom stereocenters. The average Bonchev–Trinajstić information content (AvgIpc) is 0.758. The average molecular weight is 1950 g/mol. The van der Waals surface area contributed by atoms with E-state index in [0.29, 0.717) is 5.02 Å². The number of rotatable bonds is 19. The van der Waals surface area contributed by atoms with Crippen LogP contribution in [0.25, 0.3) is 22.3 Å². The number of aliphatic carboxylic acids is 1. The third-order valence-corrected chi connectivity index (χ3v) is 25.6. The largest absolute Gasteiger partial charge is 0.508 e. The molecule has 720 valence electrons. The summed E-state index contributed by atoms with van der Waals surface area (Å²) in [6, 6.07) is 14.5. The molecule has 0 unspecified atom stereocenters. The lowest BCUT2D eigenvalue weighted by Crippen LogP contribution is -2.66. The third-order valence-electron chi connectivity index (χ3n) is 24.3. The smallest absolute Gasteiger partial charge is 0.413 e. The summed E-state index contributed by atoms with van der Waals surface area (Å²) < 4.78 is 81.6. The van der Waals surface area contributed by atoms with Crippen molar-refractivity contribution < 1.29 is 145 Å². The number of carboxylic acid groups (broad SMARTS) is 1. The van der Waals surface area contributed by atoms with Gasteiger partial charge in [0.1, 0.15) is 95.9 Å². The Hall–Kier alpha value is -11.5. The van der Waals surface area contributed by atoms with Gasteiger partial charge in [0.05, 0.1) is 41.7 Å². The molecular formula is C91H100Cl3N10O30P. The number of carboxylic acids is 1. The molecule has 10 heterocycles. The van der Waals surface area contributed by atoms with E-state index in [2.05, 4.69) is 37.2 Å². The van der Waals surface area contributed by atoms with Crippen molar-refractivity contribution in [3.05, 3.63) is 181 Å². The fourth-order valence-corrected chi connectivity index (χ4v) is 17.8. The van der Waals surface area contributed by atoms with Crippen molar-refractivity contribution in [2.75, 3.05) is 26.6 Å². The van der Waals surface area contributed by atoms with E-state index in [0.717, 1.165) is 71.1 Å². The maximum Gasteiger partial charge on any atom is 0.413 e. The number of carbonyl (C=O) groups is 10. The van der Waals surface area contributed by atoms with Crippen LogP contribution in [0.5, 0.6) is 40.2 Å². The highest BCUT2D eigenvalue weighted by molar-refractivity contribution is 7.23. The monoisotopic (exact) mass is 1950 g/mol. The number of aliphatic hydroxyl groups is 5. The zero-order valence-corrected chi connectivity index (χ0v) is 76.5. The van der Waals surface area contributed by atoms with E-state index in [4.69, 9.17) is 98.4 Å². The first-order valence-corrected chi connectivity index (χ1v) is 45.0. The van der Waals surface area contributed by atoms with Gasteiger partial charge < -0.3 is 142 Å². The fourth-order valence-electron chi connectivity index (χ4n) is 16.9. The molecule has 135 heavy (non-hydrogen) atoms. The molecular weight excluding hydrogens is 1850 g/mol. The van der Waals surface area contributed by atoms with Crippen LogP contribution in [0.15, 0.2) is 127 Å². The molecule has 17 rings (SSSR count). The number of phenols is 2. The second kappa shape index (κ2) is 41.6. The third kappa shape index (κ3) is 22.3. The van der Waals surface area contributed by atoms with E-state index in [9.17, 15) is 64.6 Å². The van der Waals surface area contributed by atoms with Crippen molar-refractivity contribution in [2.24, 2.45) is 17.4 Å². The molecule has 3 saturated heterocycles. The van der Waals surface area contributed by atoms with Crippen LogP contribution in [0.1, 0.15) is 136 Å². The summed E-state index contributed by atoms with van der Waals surface area (Å²) in [5, 5.41) is 115. The number of aryl methyl sites for hydroxylation is 1. The van der Waals surface area contributed by atoms with Crippen LogP contribution < -0.4 is 62.9 Å². The summed E-state index contributed by atoms with van der Waals surface area (Å²) in [5.74, 6) is -17.0. The van der Waals surface area contributed by atoms with E-state index in [1.54, 1.807) is 39.8 Å². The Labute approximate surface area is 787 Å². The predicted octanol–water partition coefficient (Wildman–Crippen LogP) is 6.11. The molecule has 0 aliphatic carbocycles. The van der Waals surface area contributed by atoms with Gasteiger partial charge in [-0.3, -0.25) is 47.8 Å². The molecule has 0 aromatic heterocycles. The SMILES string of the molecule is Cc1ccc2cc1-c1c(O)cc(O)cc1[C@H](C(=O)O)NC(=O)[C@H]1NC(=O)[C@@H]2NC(=O)[C@@H]2NC(=O)[C@H](CC(N)=O)NC(=O)[C@H](NC(=O)[C@@H](CC(C)C)N(C)C(=O)OCOC(=O)CCP=O)[C@H](O)c3ccc(c(Cl)c3)Oc3cc2cc2c3O[C@@H]3O[C@H](CO[C@@H]4O[C@H](C[C@](C)(N)[C@H]4O)O[C@@H]1c1ccc(c(Cl)c1)O2)[C@@H](O)[C@H](O)[C@H]3O[C@H]1C[C@](C)(NCc2ccc(-c3ccc(Cl)cc3)cc2)[C@@H](O)[C@H](C)O1. The highest BCUT2D eigenvalue weighted by Crippen LogP contribution is 2.51. The molecule has 10 aliphatic heterocycles. The first-order valence-electron chi connectivity index (χ1n) is 42.9. The van der Waals surface area contributed by atoms with Crippen LogP contribution in [0, 0.1) is 12.8 Å². The van der Waals surface area contributed by atoms with Gasteiger partial charge in [0.15, 0.2) is 51.0 Å². The molecule has 10 aliphatic rings. The van der Waals surface area contributed by atoms with E-state index in [1.807, 2.05) is 36.4 Å². The van der Waals surface area contributed by atoms with E-state index in [-0.39, 0.29) is 73.8 Å². The number of nitrogens with two attached hydrogens (primary N) is 2. The Morgan fingerprint density at radius 3 is 1.97 bits per heavy atom. The Kier molecular flexibility index (Phi) is 30.6. The zero-order chi connectivity index (χ0) is 97.2. The minimum Gasteiger partial charge on any atom is -0.508 e. The minimum absolute atomic E-state index is 0.0703. The normalized spacial score (nSPS) is 28.8. The summed E-state index contributed by atoms with van der Waals surface area (Å²) in [6.45, 7) is 7.82. The summed E-state index contributed by atoms with van der Waals surface area (Å²) in [7, 11) is 0.769. The Morgan fingerprint density at radius 1 is 0.681 bits per heavy atom. The molecule has 19 N–H and O–H groups in total. The number of aliphatic hydroxyl groups excluding tert-OH is 5. The number of phenolic OH excluding ortho intramolecular Hbond substituents is 2. The summed E-state index contributed by atoms with van der Waals surface area (Å²) in [4.78, 5) is 150. The van der Waals surface area contributed by atoms with Gasteiger partial charge in [-0.15, -0.1) is 0 Å². The topological polar surface area (TPSA) is 591 Å². The molecule has 40 nitrogen and oxygen atoms in total. The zero-order valence-electron chi connectivity index (χ0n) is 73.4. The number of nitrogens with one attached hydrogen (secondary N) is 7. The maximum atomic E-state index is 16.7. The summed E-state index contributed by atoms with van der Waals surface area (Å²) in [5.41, 5.74) is 10.5. The standard InChI is InChI=1S/C91H100Cl3N10O30P/c1-38(2)24-55(104(7)89(122)126-37-125-63(108)22-23-135-123)81(115)102-70-72(109)45-16-20-57(52(93)26-45)128-59-28-47-29-60-76(59)134-87-77(132-65-34-91(6,78(112)40(4)127-65)97-35-41-9-12-42(13-10-41)43-14-18-48(92)19-15-43)74(111)73(110)61(130-87)36-124-88-79(113)90(5,96)33-64(133-88)131-75(46-17-21-58(129-60)53(94)27-46)71-85(119)101-69(86(120)121)51-30-49(105)31-56(106)66(51)50-25-44(11-8-39(50)3)67(82(116)103-71)100-83(117)68(47)99-80(114)54(32-62(95)107)98-84(70)118/h8-21,25-31,38,40,54-55,61,64-65,67-75,77-79,87-88,97,105-106,109-113H,22-24,32-37,96H2,1-7H3,(H2,95,107)(H,98,118)(H,99,114)(H,100,117)(H,101,119)(H,102,115)(H,103,116)(H,120,121)/t40-,54-,55+,61+,64+,65-,67+,68+,69+,70+,71-,72+,73+,74-,75+,77+,78-,79-,87-,88+,90-,91-/m0/s1. The van der Waals surface area contributed by atoms with Crippen molar-refractivity contribution in [1.29, 1.82) is 0 Å². The number of fused-ring (bicyclic) bond motifs is 14. The number of amides is 8. The number of esters is 1. The summed E-state index contributed by atoms with van der Waals surface area (Å²) >= 11 is 21.0. The number of aromatic hydroxyl groups is 2. The number of benzene rings is 7. The number of carbonyl (C=O) groups excluding carboxylic acids is 9. The first-order chi connectivity index (χ1) is 64.0. The lowest BCUT2D eigenvalue weighted by Gasteiger charge is -2.49. The van der Waals surface area contributed by atoms with Gasteiger partial charge in [-0.05, 0) is 151 Å². The van der Waals surface area contributed by atoms with Gasteiger partial charge >= 0.3 is 18.0 Å². The number of likely N-dealkylation sites (N-methyl/N-ethyl adjacent to an activating group) is 1. The number of primary amides is 1. The maximum absolute atomic E-state index is 16.7. The van der Waals surface area contributed by atoms with Crippen LogP contribution in [0.2, 0.25) is 15.1 Å². The second-order valence-electron chi connectivity index (χ2n) is 34.8. The predicted molar refractivity (Wildman–Crippen MR) is 475 cm³/mol. The molecule has 8 amide bonds. The van der Waals surface area contributed by atoms with Crippen molar-refractivity contribution >= 4 is 103 Å². The van der Waals surface area contributed by atoms with Crippen molar-refractivity contribution in [1.82, 2.24) is 42.1 Å². The molecule has 7 aromatic rings. The van der Waals surface area contributed by atoms with Crippen molar-refractivity contribution in [3.8, 4) is 62.5 Å². The van der Waals surface area contributed by atoms with Crippen LogP contribution in [-0.2, 0) is 92.2 Å². The number of ether oxygens (including phenoxy) is 11. The molecule has 44 heteroatoms. The van der Waals surface area contributed by atoms with Gasteiger partial charge in [0, 0.05) is 65.9 Å². The molecule has 7 aromatic carbocycles. The molecule has 0 spiro atoms. The van der Waals surface area contributed by atoms with Gasteiger partial charge in [0.2, 0.25) is 60.2 Å². The van der Waals surface area contributed by atoms with Crippen LogP contribution >= 0.6 is 43.3 Å². The number of hydrogen-bond donors (Lipinski definition) is 17. The van der Waals surface area contributed by atoms with Crippen LogP contribution in [-0.4, -0.2) is 235 Å². The quantitative estimate of drug-likeness (QED) is 0.0247. The van der Waals surface area contributed by atoms with E-state index in [1.165, 1.54) is 50.2 Å².